The number of rotatable bonds is 5. The Balaban J connectivity index is 1.38. The molecule has 0 aromatic heterocycles. The van der Waals surface area contributed by atoms with Crippen molar-refractivity contribution < 1.29 is 9.59 Å². The lowest BCUT2D eigenvalue weighted by atomic mass is 9.49. The van der Waals surface area contributed by atoms with Crippen molar-refractivity contribution in [2.45, 2.75) is 77.2 Å². The summed E-state index contributed by atoms with van der Waals surface area (Å²) in [5.74, 6) is 3.03. The molecule has 1 unspecified atom stereocenters. The third-order valence-electron chi connectivity index (χ3n) is 7.32. The Labute approximate surface area is 145 Å². The predicted molar refractivity (Wildman–Crippen MR) is 93.2 cm³/mol. The molecular formula is C20H32N2O2. The van der Waals surface area contributed by atoms with Gasteiger partial charge in [0.1, 0.15) is 6.04 Å². The van der Waals surface area contributed by atoms with Crippen LogP contribution >= 0.6 is 0 Å². The first-order valence-corrected chi connectivity index (χ1v) is 10.1. The van der Waals surface area contributed by atoms with Crippen LogP contribution in [0.1, 0.15) is 71.1 Å². The summed E-state index contributed by atoms with van der Waals surface area (Å²) in [6.07, 6.45) is 12.7. The van der Waals surface area contributed by atoms with Crippen LogP contribution in [0.3, 0.4) is 0 Å². The maximum atomic E-state index is 12.8. The quantitative estimate of drug-likeness (QED) is 0.813. The lowest BCUT2D eigenvalue weighted by Crippen LogP contribution is -2.55. The minimum atomic E-state index is -0.320. The topological polar surface area (TPSA) is 58.2 Å². The van der Waals surface area contributed by atoms with Crippen LogP contribution in [0, 0.1) is 29.1 Å². The van der Waals surface area contributed by atoms with E-state index in [4.69, 9.17) is 0 Å². The lowest BCUT2D eigenvalue weighted by Gasteiger charge is -2.57. The van der Waals surface area contributed by atoms with E-state index in [0.29, 0.717) is 11.3 Å². The smallest absolute Gasteiger partial charge is 0.242 e. The summed E-state index contributed by atoms with van der Waals surface area (Å²) in [6, 6.07) is -0.320. The van der Waals surface area contributed by atoms with E-state index >= 15 is 0 Å². The molecule has 5 aliphatic carbocycles. The predicted octanol–water partition coefficient (Wildman–Crippen LogP) is 3.01. The SMILES string of the molecule is CC(=O)NC(C(=O)NCC12CC3CC(CC(C3)C1)C2)C1CCCC1. The Bertz CT molecular complexity index is 474. The van der Waals surface area contributed by atoms with Crippen LogP contribution in [0.5, 0.6) is 0 Å². The second-order valence-corrected chi connectivity index (χ2v) is 9.36. The molecule has 0 aromatic carbocycles. The van der Waals surface area contributed by atoms with Crippen LogP contribution in [0.25, 0.3) is 0 Å². The molecule has 0 saturated heterocycles. The number of carbonyl (C=O) groups is 2. The van der Waals surface area contributed by atoms with Crippen molar-refractivity contribution in [2.24, 2.45) is 29.1 Å². The molecule has 2 amide bonds. The van der Waals surface area contributed by atoms with E-state index in [1.54, 1.807) is 0 Å². The van der Waals surface area contributed by atoms with Crippen molar-refractivity contribution in [3.63, 3.8) is 0 Å². The van der Waals surface area contributed by atoms with Gasteiger partial charge in [0.25, 0.3) is 0 Å². The number of hydrogen-bond acceptors (Lipinski definition) is 2. The molecule has 0 heterocycles. The molecule has 4 heteroatoms. The maximum absolute atomic E-state index is 12.8. The van der Waals surface area contributed by atoms with Crippen LogP contribution in [0.2, 0.25) is 0 Å². The van der Waals surface area contributed by atoms with E-state index in [9.17, 15) is 9.59 Å². The van der Waals surface area contributed by atoms with Gasteiger partial charge < -0.3 is 10.6 Å². The Morgan fingerprint density at radius 3 is 2.04 bits per heavy atom. The highest BCUT2D eigenvalue weighted by atomic mass is 16.2. The lowest BCUT2D eigenvalue weighted by molar-refractivity contribution is -0.130. The van der Waals surface area contributed by atoms with Gasteiger partial charge in [-0.15, -0.1) is 0 Å². The highest BCUT2D eigenvalue weighted by Crippen LogP contribution is 2.59. The summed E-state index contributed by atoms with van der Waals surface area (Å²) >= 11 is 0. The summed E-state index contributed by atoms with van der Waals surface area (Å²) in [5, 5.41) is 6.20. The summed E-state index contributed by atoms with van der Waals surface area (Å²) < 4.78 is 0. The average molecular weight is 332 g/mol. The van der Waals surface area contributed by atoms with Gasteiger partial charge in [-0.25, -0.2) is 0 Å². The third kappa shape index (κ3) is 3.21. The molecule has 24 heavy (non-hydrogen) atoms. The van der Waals surface area contributed by atoms with Crippen molar-refractivity contribution in [3.8, 4) is 0 Å². The van der Waals surface area contributed by atoms with Crippen LogP contribution in [-0.2, 0) is 9.59 Å². The first kappa shape index (κ1) is 16.4. The first-order valence-electron chi connectivity index (χ1n) is 10.1. The molecule has 2 N–H and O–H groups in total. The first-order chi connectivity index (χ1) is 11.5. The van der Waals surface area contributed by atoms with Gasteiger partial charge in [-0.2, -0.15) is 0 Å². The van der Waals surface area contributed by atoms with E-state index in [2.05, 4.69) is 10.6 Å². The molecular weight excluding hydrogens is 300 g/mol. The minimum Gasteiger partial charge on any atom is -0.354 e. The number of hydrogen-bond donors (Lipinski definition) is 2. The van der Waals surface area contributed by atoms with Crippen molar-refractivity contribution >= 4 is 11.8 Å². The van der Waals surface area contributed by atoms with Crippen LogP contribution in [0.15, 0.2) is 0 Å². The fraction of sp³-hybridized carbons (Fsp3) is 0.900. The standard InChI is InChI=1S/C20H32N2O2/c1-13(23)22-18(17-4-2-3-5-17)19(24)21-12-20-9-14-6-15(10-20)8-16(7-14)11-20/h14-18H,2-12H2,1H3,(H,21,24)(H,22,23). The van der Waals surface area contributed by atoms with Crippen molar-refractivity contribution in [3.05, 3.63) is 0 Å². The largest absolute Gasteiger partial charge is 0.354 e. The van der Waals surface area contributed by atoms with E-state index < -0.39 is 0 Å². The molecule has 1 atom stereocenters. The number of nitrogens with one attached hydrogen (secondary N) is 2. The van der Waals surface area contributed by atoms with E-state index in [1.165, 1.54) is 58.3 Å². The second kappa shape index (κ2) is 6.34. The van der Waals surface area contributed by atoms with Gasteiger partial charge >= 0.3 is 0 Å². The van der Waals surface area contributed by atoms with Crippen molar-refractivity contribution in [1.82, 2.24) is 10.6 Å². The van der Waals surface area contributed by atoms with Gasteiger partial charge in [0.15, 0.2) is 0 Å². The Kier molecular flexibility index (Phi) is 4.34. The zero-order valence-electron chi connectivity index (χ0n) is 15.0. The Hall–Kier alpha value is -1.06. The van der Waals surface area contributed by atoms with Crippen molar-refractivity contribution in [1.29, 1.82) is 0 Å². The molecule has 5 saturated carbocycles. The van der Waals surface area contributed by atoms with Crippen LogP contribution < -0.4 is 10.6 Å². The molecule has 4 nitrogen and oxygen atoms in total. The van der Waals surface area contributed by atoms with Gasteiger partial charge in [0.05, 0.1) is 0 Å². The normalized spacial score (nSPS) is 39.0. The summed E-state index contributed by atoms with van der Waals surface area (Å²) in [6.45, 7) is 2.35. The monoisotopic (exact) mass is 332 g/mol. The van der Waals surface area contributed by atoms with Gasteiger partial charge in [0, 0.05) is 13.5 Å². The molecule has 0 radical (unpaired) electrons. The van der Waals surface area contributed by atoms with Crippen molar-refractivity contribution in [2.75, 3.05) is 6.54 Å². The number of carbonyl (C=O) groups excluding carboxylic acids is 2. The molecule has 134 valence electrons. The van der Waals surface area contributed by atoms with Gasteiger partial charge in [-0.3, -0.25) is 9.59 Å². The van der Waals surface area contributed by atoms with Gasteiger partial charge in [0.2, 0.25) is 11.8 Å². The van der Waals surface area contributed by atoms with E-state index in [0.717, 1.165) is 37.1 Å². The third-order valence-corrected chi connectivity index (χ3v) is 7.32. The molecule has 0 aliphatic heterocycles. The Morgan fingerprint density at radius 2 is 1.54 bits per heavy atom. The van der Waals surface area contributed by atoms with E-state index in [1.807, 2.05) is 0 Å². The molecule has 0 spiro atoms. The van der Waals surface area contributed by atoms with Gasteiger partial charge in [-0.1, -0.05) is 12.8 Å². The summed E-state index contributed by atoms with van der Waals surface area (Å²) in [5.41, 5.74) is 0.362. The molecule has 0 aromatic rings. The average Bonchev–Trinajstić information content (AvgIpc) is 3.03. The van der Waals surface area contributed by atoms with E-state index in [-0.39, 0.29) is 17.9 Å². The fourth-order valence-electron chi connectivity index (χ4n) is 6.80. The highest BCUT2D eigenvalue weighted by Gasteiger charge is 2.51. The highest BCUT2D eigenvalue weighted by molar-refractivity contribution is 5.87. The van der Waals surface area contributed by atoms with Crippen LogP contribution in [-0.4, -0.2) is 24.4 Å². The zero-order valence-corrected chi connectivity index (χ0v) is 15.0. The molecule has 5 aliphatic rings. The molecule has 5 rings (SSSR count). The minimum absolute atomic E-state index is 0.0628. The Morgan fingerprint density at radius 1 is 1.00 bits per heavy atom. The zero-order chi connectivity index (χ0) is 16.7. The van der Waals surface area contributed by atoms with Crippen LogP contribution in [0.4, 0.5) is 0 Å². The fourth-order valence-corrected chi connectivity index (χ4v) is 6.80. The number of amides is 2. The maximum Gasteiger partial charge on any atom is 0.242 e. The second-order valence-electron chi connectivity index (χ2n) is 9.36. The summed E-state index contributed by atoms with van der Waals surface area (Å²) in [7, 11) is 0. The summed E-state index contributed by atoms with van der Waals surface area (Å²) in [4.78, 5) is 24.4. The molecule has 4 bridgehead atoms. The van der Waals surface area contributed by atoms with Gasteiger partial charge in [-0.05, 0) is 80.5 Å². The molecule has 5 fully saturated rings.